The first-order valence-electron chi connectivity index (χ1n) is 6.11. The molecule has 0 aliphatic heterocycles. The number of carbonyl (C=O) groups is 1. The number of hydrogen-bond donors (Lipinski definition) is 3. The van der Waals surface area contributed by atoms with Crippen LogP contribution in [-0.4, -0.2) is 29.5 Å². The van der Waals surface area contributed by atoms with E-state index in [4.69, 9.17) is 5.73 Å². The highest BCUT2D eigenvalue weighted by molar-refractivity contribution is 5.73. The summed E-state index contributed by atoms with van der Waals surface area (Å²) in [4.78, 5) is 19.1. The Morgan fingerprint density at radius 1 is 1.39 bits per heavy atom. The second-order valence-corrected chi connectivity index (χ2v) is 4.39. The number of hydrogen-bond acceptors (Lipinski definition) is 5. The number of anilines is 2. The molecule has 0 aliphatic carbocycles. The number of nitrogens with two attached hydrogens (primary N) is 1. The van der Waals surface area contributed by atoms with Gasteiger partial charge in [0.2, 0.25) is 5.91 Å². The Morgan fingerprint density at radius 2 is 2.06 bits per heavy atom. The fourth-order valence-corrected chi connectivity index (χ4v) is 1.75. The summed E-state index contributed by atoms with van der Waals surface area (Å²) in [7, 11) is 1.84. The highest BCUT2D eigenvalue weighted by Gasteiger charge is 2.13. The van der Waals surface area contributed by atoms with Gasteiger partial charge in [0.1, 0.15) is 18.0 Å². The molecule has 1 heterocycles. The van der Waals surface area contributed by atoms with Crippen LogP contribution in [0.5, 0.6) is 0 Å². The smallest absolute Gasteiger partial charge is 0.217 e. The normalized spacial score (nSPS) is 10.4. The van der Waals surface area contributed by atoms with Crippen LogP contribution in [0.2, 0.25) is 0 Å². The van der Waals surface area contributed by atoms with Gasteiger partial charge in [-0.2, -0.15) is 0 Å². The molecular weight excluding hydrogens is 230 g/mol. The fourth-order valence-electron chi connectivity index (χ4n) is 1.75. The predicted octanol–water partition coefficient (Wildman–Crippen LogP) is 1.32. The first-order valence-corrected chi connectivity index (χ1v) is 6.11. The van der Waals surface area contributed by atoms with E-state index in [0.717, 1.165) is 17.2 Å². The van der Waals surface area contributed by atoms with E-state index >= 15 is 0 Å². The Kier molecular flexibility index (Phi) is 5.35. The summed E-state index contributed by atoms with van der Waals surface area (Å²) in [6, 6.07) is 0. The minimum atomic E-state index is -0.278. The molecule has 0 bridgehead atoms. The maximum absolute atomic E-state index is 10.6. The third-order valence-electron chi connectivity index (χ3n) is 2.59. The number of aromatic nitrogens is 2. The lowest BCUT2D eigenvalue weighted by atomic mass is 10.0. The van der Waals surface area contributed by atoms with Crippen molar-refractivity contribution in [2.45, 2.75) is 32.6 Å². The number of amides is 1. The van der Waals surface area contributed by atoms with Crippen molar-refractivity contribution in [2.75, 3.05) is 24.2 Å². The van der Waals surface area contributed by atoms with Crippen LogP contribution in [0.3, 0.4) is 0 Å². The molecule has 0 saturated heterocycles. The quantitative estimate of drug-likeness (QED) is 0.635. The summed E-state index contributed by atoms with van der Waals surface area (Å²) >= 11 is 0. The SMILES string of the molecule is CNc1ncnc(NCCCC(N)=O)c1C(C)C. The second kappa shape index (κ2) is 6.78. The second-order valence-electron chi connectivity index (χ2n) is 4.39. The molecule has 0 fully saturated rings. The van der Waals surface area contributed by atoms with Crippen molar-refractivity contribution in [1.29, 1.82) is 0 Å². The first-order chi connectivity index (χ1) is 8.56. The van der Waals surface area contributed by atoms with E-state index in [0.29, 0.717) is 25.3 Å². The molecule has 0 aromatic carbocycles. The van der Waals surface area contributed by atoms with Gasteiger partial charge in [0.25, 0.3) is 0 Å². The van der Waals surface area contributed by atoms with E-state index in [-0.39, 0.29) is 5.91 Å². The Balaban J connectivity index is 2.72. The molecule has 1 amide bonds. The van der Waals surface area contributed by atoms with Gasteiger partial charge >= 0.3 is 0 Å². The van der Waals surface area contributed by atoms with E-state index in [1.54, 1.807) is 0 Å². The summed E-state index contributed by atoms with van der Waals surface area (Å²) < 4.78 is 0. The van der Waals surface area contributed by atoms with E-state index in [9.17, 15) is 4.79 Å². The molecule has 0 saturated carbocycles. The van der Waals surface area contributed by atoms with E-state index in [1.807, 2.05) is 7.05 Å². The third kappa shape index (κ3) is 3.87. The number of carbonyl (C=O) groups excluding carboxylic acids is 1. The zero-order valence-electron chi connectivity index (χ0n) is 11.2. The minimum Gasteiger partial charge on any atom is -0.373 e. The molecule has 1 aromatic rings. The summed E-state index contributed by atoms with van der Waals surface area (Å²) in [5, 5.41) is 6.29. The van der Waals surface area contributed by atoms with Gasteiger partial charge in [-0.25, -0.2) is 9.97 Å². The first kappa shape index (κ1) is 14.2. The van der Waals surface area contributed by atoms with Crippen LogP contribution in [0.15, 0.2) is 6.33 Å². The number of primary amides is 1. The van der Waals surface area contributed by atoms with Gasteiger partial charge in [-0.15, -0.1) is 0 Å². The molecular formula is C12H21N5O. The maximum Gasteiger partial charge on any atom is 0.217 e. The van der Waals surface area contributed by atoms with Gasteiger partial charge in [0.15, 0.2) is 0 Å². The predicted molar refractivity (Wildman–Crippen MR) is 72.6 cm³/mol. The standard InChI is InChI=1S/C12H21N5O/c1-8(2)10-11(14-3)16-7-17-12(10)15-6-4-5-9(13)18/h7-8H,4-6H2,1-3H3,(H2,13,18)(H2,14,15,16,17). The zero-order chi connectivity index (χ0) is 13.5. The third-order valence-corrected chi connectivity index (χ3v) is 2.59. The molecule has 6 heteroatoms. The van der Waals surface area contributed by atoms with Gasteiger partial charge in [-0.3, -0.25) is 4.79 Å². The van der Waals surface area contributed by atoms with Crippen LogP contribution in [0.25, 0.3) is 0 Å². The fraction of sp³-hybridized carbons (Fsp3) is 0.583. The Labute approximate surface area is 107 Å². The van der Waals surface area contributed by atoms with Gasteiger partial charge in [0, 0.05) is 25.6 Å². The van der Waals surface area contributed by atoms with Crippen LogP contribution in [-0.2, 0) is 4.79 Å². The van der Waals surface area contributed by atoms with E-state index < -0.39 is 0 Å². The minimum absolute atomic E-state index is 0.278. The number of rotatable bonds is 7. The molecule has 4 N–H and O–H groups in total. The monoisotopic (exact) mass is 251 g/mol. The van der Waals surface area contributed by atoms with Crippen LogP contribution in [0.1, 0.15) is 38.2 Å². The average Bonchev–Trinajstić information content (AvgIpc) is 2.33. The van der Waals surface area contributed by atoms with Crippen molar-refractivity contribution >= 4 is 17.5 Å². The number of nitrogens with zero attached hydrogens (tertiary/aromatic N) is 2. The topological polar surface area (TPSA) is 92.9 Å². The Bertz CT molecular complexity index is 405. The summed E-state index contributed by atoms with van der Waals surface area (Å²) in [5.41, 5.74) is 6.15. The van der Waals surface area contributed by atoms with Crippen LogP contribution in [0, 0.1) is 0 Å². The maximum atomic E-state index is 10.6. The summed E-state index contributed by atoms with van der Waals surface area (Å²) in [5.74, 6) is 1.68. The molecule has 0 spiro atoms. The zero-order valence-corrected chi connectivity index (χ0v) is 11.2. The van der Waals surface area contributed by atoms with E-state index in [1.165, 1.54) is 6.33 Å². The van der Waals surface area contributed by atoms with E-state index in [2.05, 4.69) is 34.4 Å². The molecule has 6 nitrogen and oxygen atoms in total. The highest BCUT2D eigenvalue weighted by atomic mass is 16.1. The molecule has 0 atom stereocenters. The van der Waals surface area contributed by atoms with Crippen molar-refractivity contribution < 1.29 is 4.79 Å². The average molecular weight is 251 g/mol. The molecule has 0 unspecified atom stereocenters. The lowest BCUT2D eigenvalue weighted by molar-refractivity contribution is -0.118. The molecule has 1 rings (SSSR count). The molecule has 18 heavy (non-hydrogen) atoms. The molecule has 100 valence electrons. The van der Waals surface area contributed by atoms with Gasteiger partial charge < -0.3 is 16.4 Å². The van der Waals surface area contributed by atoms with Gasteiger partial charge in [-0.05, 0) is 12.3 Å². The molecule has 1 aromatic heterocycles. The van der Waals surface area contributed by atoms with Crippen molar-refractivity contribution in [2.24, 2.45) is 5.73 Å². The highest BCUT2D eigenvalue weighted by Crippen LogP contribution is 2.27. The Morgan fingerprint density at radius 3 is 2.61 bits per heavy atom. The van der Waals surface area contributed by atoms with Gasteiger partial charge in [0.05, 0.1) is 0 Å². The van der Waals surface area contributed by atoms with Gasteiger partial charge in [-0.1, -0.05) is 13.8 Å². The summed E-state index contributed by atoms with van der Waals surface area (Å²) in [6.45, 7) is 4.85. The molecule has 0 radical (unpaired) electrons. The van der Waals surface area contributed by atoms with Crippen molar-refractivity contribution in [3.05, 3.63) is 11.9 Å². The number of nitrogens with one attached hydrogen (secondary N) is 2. The molecule has 0 aliphatic rings. The van der Waals surface area contributed by atoms with Crippen LogP contribution in [0.4, 0.5) is 11.6 Å². The van der Waals surface area contributed by atoms with Crippen molar-refractivity contribution in [1.82, 2.24) is 9.97 Å². The van der Waals surface area contributed by atoms with Crippen molar-refractivity contribution in [3.63, 3.8) is 0 Å². The van der Waals surface area contributed by atoms with Crippen molar-refractivity contribution in [3.8, 4) is 0 Å². The largest absolute Gasteiger partial charge is 0.373 e. The van der Waals surface area contributed by atoms with Crippen LogP contribution >= 0.6 is 0 Å². The summed E-state index contributed by atoms with van der Waals surface area (Å²) in [6.07, 6.45) is 2.61. The van der Waals surface area contributed by atoms with Crippen LogP contribution < -0.4 is 16.4 Å². The lowest BCUT2D eigenvalue weighted by Gasteiger charge is -2.16. The Hall–Kier alpha value is -1.85. The lowest BCUT2D eigenvalue weighted by Crippen LogP contribution is -2.14.